The molecule has 14 heteroatoms. The third-order valence-corrected chi connectivity index (χ3v) is 8.89. The maximum Gasteiger partial charge on any atom is 0.459 e. The van der Waals surface area contributed by atoms with Gasteiger partial charge < -0.3 is 29.9 Å². The summed E-state index contributed by atoms with van der Waals surface area (Å²) < 4.78 is 38.4. The van der Waals surface area contributed by atoms with E-state index in [0.717, 1.165) is 12.8 Å². The fourth-order valence-electron chi connectivity index (χ4n) is 4.56. The number of anilines is 1. The number of aromatic nitrogens is 3. The summed E-state index contributed by atoms with van der Waals surface area (Å²) in [6.45, 7) is 6.82. The number of carbonyl (C=O) groups is 1. The normalized spacial score (nSPS) is 24.8. The SMILES string of the molecule is CCC(CC)COC(=O)[C@@H](C)N[P@@](=O)(OC[C@@]1(C)O[C@@H](c2ccc3c(N)ncnn23)[C@H](O)[C@@H]1O)Oc1ccccc1. The summed E-state index contributed by atoms with van der Waals surface area (Å²) in [5, 5.41) is 28.7. The lowest BCUT2D eigenvalue weighted by Crippen LogP contribution is -2.45. The Morgan fingerprint density at radius 3 is 2.61 bits per heavy atom. The highest BCUT2D eigenvalue weighted by atomic mass is 31.2. The van der Waals surface area contributed by atoms with E-state index in [1.165, 1.54) is 24.7 Å². The van der Waals surface area contributed by atoms with Crippen LogP contribution in [0, 0.1) is 5.92 Å². The molecular weight excluding hydrogens is 553 g/mol. The molecule has 1 saturated heterocycles. The molecule has 5 N–H and O–H groups in total. The van der Waals surface area contributed by atoms with Gasteiger partial charge in [-0.05, 0) is 44.0 Å². The molecule has 1 aliphatic heterocycles. The number of aliphatic hydroxyl groups excluding tert-OH is 2. The number of hydrogen-bond donors (Lipinski definition) is 4. The Kier molecular flexibility index (Phi) is 9.68. The van der Waals surface area contributed by atoms with E-state index in [4.69, 9.17) is 24.3 Å². The molecule has 1 aliphatic rings. The van der Waals surface area contributed by atoms with E-state index in [-0.39, 0.29) is 24.1 Å². The Bertz CT molecular complexity index is 1370. The van der Waals surface area contributed by atoms with E-state index in [1.807, 2.05) is 13.8 Å². The zero-order valence-corrected chi connectivity index (χ0v) is 24.4. The van der Waals surface area contributed by atoms with E-state index < -0.39 is 50.3 Å². The number of nitrogen functional groups attached to an aromatic ring is 1. The first-order valence-electron chi connectivity index (χ1n) is 13.6. The number of hydrogen-bond acceptors (Lipinski definition) is 11. The Balaban J connectivity index is 1.51. The molecule has 1 fully saturated rings. The van der Waals surface area contributed by atoms with Gasteiger partial charge in [0.1, 0.15) is 47.5 Å². The third-order valence-electron chi connectivity index (χ3n) is 7.27. The summed E-state index contributed by atoms with van der Waals surface area (Å²) in [5.41, 5.74) is 5.33. The van der Waals surface area contributed by atoms with Gasteiger partial charge >= 0.3 is 13.7 Å². The van der Waals surface area contributed by atoms with Crippen molar-refractivity contribution in [2.45, 2.75) is 70.5 Å². The monoisotopic (exact) mass is 591 g/mol. The van der Waals surface area contributed by atoms with Crippen molar-refractivity contribution in [2.24, 2.45) is 5.92 Å². The van der Waals surface area contributed by atoms with Crippen LogP contribution in [0.1, 0.15) is 52.3 Å². The summed E-state index contributed by atoms with van der Waals surface area (Å²) in [7, 11) is -4.25. The fraction of sp³-hybridized carbons (Fsp3) is 0.519. The van der Waals surface area contributed by atoms with E-state index in [2.05, 4.69) is 15.2 Å². The van der Waals surface area contributed by atoms with Crippen molar-refractivity contribution in [1.29, 1.82) is 0 Å². The van der Waals surface area contributed by atoms with Gasteiger partial charge in [0, 0.05) is 0 Å². The van der Waals surface area contributed by atoms with Crippen molar-refractivity contribution in [3.63, 3.8) is 0 Å². The Labute approximate surface area is 238 Å². The highest BCUT2D eigenvalue weighted by Gasteiger charge is 2.54. The zero-order chi connectivity index (χ0) is 29.8. The van der Waals surface area contributed by atoms with Gasteiger partial charge in [-0.3, -0.25) is 9.32 Å². The molecular formula is C27H38N5O8P. The van der Waals surface area contributed by atoms with Crippen molar-refractivity contribution in [1.82, 2.24) is 19.7 Å². The molecule has 13 nitrogen and oxygen atoms in total. The molecule has 0 bridgehead atoms. The van der Waals surface area contributed by atoms with Gasteiger partial charge in [-0.1, -0.05) is 44.9 Å². The summed E-state index contributed by atoms with van der Waals surface area (Å²) >= 11 is 0. The number of para-hydroxylation sites is 1. The molecule has 0 saturated carbocycles. The molecule has 0 unspecified atom stereocenters. The number of nitrogens with one attached hydrogen (secondary N) is 1. The zero-order valence-electron chi connectivity index (χ0n) is 23.5. The van der Waals surface area contributed by atoms with Gasteiger partial charge in [-0.15, -0.1) is 0 Å². The number of esters is 1. The van der Waals surface area contributed by atoms with Gasteiger partial charge in [-0.2, -0.15) is 10.2 Å². The van der Waals surface area contributed by atoms with Crippen molar-refractivity contribution in [2.75, 3.05) is 18.9 Å². The van der Waals surface area contributed by atoms with E-state index >= 15 is 0 Å². The maximum absolute atomic E-state index is 14.0. The number of nitrogens with two attached hydrogens (primary N) is 1. The number of benzene rings is 1. The van der Waals surface area contributed by atoms with Crippen LogP contribution in [-0.2, 0) is 23.4 Å². The van der Waals surface area contributed by atoms with Gasteiger partial charge in [0.15, 0.2) is 5.82 Å². The second-order valence-corrected chi connectivity index (χ2v) is 12.0. The van der Waals surface area contributed by atoms with Gasteiger partial charge in [0.25, 0.3) is 0 Å². The second-order valence-electron chi connectivity index (χ2n) is 10.3. The Hall–Kier alpha value is -3.06. The van der Waals surface area contributed by atoms with Crippen molar-refractivity contribution < 1.29 is 38.1 Å². The van der Waals surface area contributed by atoms with E-state index in [9.17, 15) is 19.6 Å². The van der Waals surface area contributed by atoms with Crippen LogP contribution in [0.2, 0.25) is 0 Å². The van der Waals surface area contributed by atoms with Crippen LogP contribution < -0.4 is 15.3 Å². The number of carbonyl (C=O) groups excluding carboxylic acids is 1. The average Bonchev–Trinajstić information content (AvgIpc) is 3.49. The standard InChI is InChI=1S/C27H38N5O8P/c1-5-18(6-2)14-37-26(35)17(3)31-41(36,40-19-10-8-7-9-11-19)38-15-27(4)24(34)22(33)23(39-27)20-12-13-21-25(28)29-16-30-32(20)21/h7-13,16-18,22-24,33-34H,5-6,14-15H2,1-4H3,(H,31,36)(H2,28,29,30)/t17-,22+,23+,24+,27-,41-/m1/s1. The van der Waals surface area contributed by atoms with E-state index in [1.54, 1.807) is 42.5 Å². The molecule has 224 valence electrons. The van der Waals surface area contributed by atoms with Crippen LogP contribution in [0.3, 0.4) is 0 Å². The second kappa shape index (κ2) is 12.8. The molecule has 0 radical (unpaired) electrons. The highest BCUT2D eigenvalue weighted by molar-refractivity contribution is 7.52. The predicted octanol–water partition coefficient (Wildman–Crippen LogP) is 3.02. The molecule has 4 rings (SSSR count). The third kappa shape index (κ3) is 6.88. The summed E-state index contributed by atoms with van der Waals surface area (Å²) in [4.78, 5) is 16.7. The lowest BCUT2D eigenvalue weighted by atomic mass is 9.97. The van der Waals surface area contributed by atoms with Gasteiger partial charge in [-0.25, -0.2) is 14.1 Å². The molecule has 3 aromatic rings. The lowest BCUT2D eigenvalue weighted by Gasteiger charge is -2.30. The van der Waals surface area contributed by atoms with Crippen LogP contribution in [-0.4, -0.2) is 67.8 Å². The smallest absolute Gasteiger partial charge is 0.459 e. The van der Waals surface area contributed by atoms with Crippen molar-refractivity contribution >= 4 is 25.1 Å². The van der Waals surface area contributed by atoms with Crippen LogP contribution in [0.25, 0.3) is 5.52 Å². The predicted molar refractivity (Wildman–Crippen MR) is 150 cm³/mol. The van der Waals surface area contributed by atoms with Crippen LogP contribution in [0.4, 0.5) is 5.82 Å². The number of nitrogens with zero attached hydrogens (tertiary/aromatic N) is 3. The summed E-state index contributed by atoms with van der Waals surface area (Å²) in [6, 6.07) is 10.6. The highest BCUT2D eigenvalue weighted by Crippen LogP contribution is 2.48. The van der Waals surface area contributed by atoms with Crippen LogP contribution in [0.15, 0.2) is 48.8 Å². The minimum absolute atomic E-state index is 0.218. The Morgan fingerprint density at radius 1 is 1.22 bits per heavy atom. The molecule has 41 heavy (non-hydrogen) atoms. The maximum atomic E-state index is 14.0. The summed E-state index contributed by atoms with van der Waals surface area (Å²) in [5.74, 6) is 0.0742. The summed E-state index contributed by atoms with van der Waals surface area (Å²) in [6.07, 6.45) is -0.846. The molecule has 0 aliphatic carbocycles. The topological polar surface area (TPSA) is 180 Å². The minimum Gasteiger partial charge on any atom is -0.464 e. The molecule has 1 aromatic carbocycles. The fourth-order valence-corrected chi connectivity index (χ4v) is 6.15. The lowest BCUT2D eigenvalue weighted by molar-refractivity contribution is -0.146. The van der Waals surface area contributed by atoms with Gasteiger partial charge in [0.05, 0.1) is 18.9 Å². The first kappa shape index (κ1) is 30.9. The number of aliphatic hydroxyl groups is 2. The van der Waals surface area contributed by atoms with E-state index in [0.29, 0.717) is 11.2 Å². The van der Waals surface area contributed by atoms with Crippen LogP contribution in [0.5, 0.6) is 5.75 Å². The molecule has 0 amide bonds. The van der Waals surface area contributed by atoms with Crippen molar-refractivity contribution in [3.8, 4) is 5.75 Å². The van der Waals surface area contributed by atoms with Gasteiger partial charge in [0.2, 0.25) is 0 Å². The number of fused-ring (bicyclic) bond motifs is 1. The number of rotatable bonds is 13. The molecule has 2 aromatic heterocycles. The molecule has 6 atom stereocenters. The molecule has 3 heterocycles. The quantitative estimate of drug-likeness (QED) is 0.169. The van der Waals surface area contributed by atoms with Crippen LogP contribution >= 0.6 is 7.75 Å². The minimum atomic E-state index is -4.25. The average molecular weight is 592 g/mol. The number of ether oxygens (including phenoxy) is 2. The largest absolute Gasteiger partial charge is 0.464 e. The molecule has 0 spiro atoms. The Morgan fingerprint density at radius 2 is 1.93 bits per heavy atom. The first-order chi connectivity index (χ1) is 19.5. The first-order valence-corrected chi connectivity index (χ1v) is 15.1. The van der Waals surface area contributed by atoms with Crippen molar-refractivity contribution in [3.05, 3.63) is 54.5 Å².